The highest BCUT2D eigenvalue weighted by Gasteiger charge is 2.19. The van der Waals surface area contributed by atoms with E-state index in [0.29, 0.717) is 0 Å². The predicted octanol–water partition coefficient (Wildman–Crippen LogP) is -0.324. The first kappa shape index (κ1) is 33.4. The molecule has 0 bridgehead atoms. The Bertz CT molecular complexity index is 315. The summed E-state index contributed by atoms with van der Waals surface area (Å²) >= 11 is 0. The van der Waals surface area contributed by atoms with Crippen LogP contribution in [0.15, 0.2) is 0 Å². The molecule has 27 heavy (non-hydrogen) atoms. The molecule has 0 aromatic carbocycles. The molecule has 168 valence electrons. The van der Waals surface area contributed by atoms with Crippen molar-refractivity contribution in [2.24, 2.45) is 0 Å². The summed E-state index contributed by atoms with van der Waals surface area (Å²) in [6.45, 7) is 22.4. The zero-order chi connectivity index (χ0) is 22.1. The standard InChI is InChI=1S/C5H20O2Si4.C4H16O2Si3.C4H14OSi2/c1-10(2)7-9-5-11(3,4)6-8;1-5-8-4-9(2,3)6-7;1-6(2)5-7(3)4/h10H,5,9H2,1-4,8H3;4,8H2,1-3,7H3;6-7H,1-4H3. The van der Waals surface area contributed by atoms with Gasteiger partial charge in [0, 0.05) is 7.11 Å². The Balaban J connectivity index is -0.000000329. The van der Waals surface area contributed by atoms with Crippen molar-refractivity contribution in [3.63, 3.8) is 0 Å². The van der Waals surface area contributed by atoms with Crippen molar-refractivity contribution in [1.29, 1.82) is 0 Å². The van der Waals surface area contributed by atoms with Gasteiger partial charge < -0.3 is 20.9 Å². The molecular formula is C13H50O5Si9. The van der Waals surface area contributed by atoms with Crippen LogP contribution in [0, 0.1) is 0 Å². The highest BCUT2D eigenvalue weighted by Crippen LogP contribution is 2.08. The van der Waals surface area contributed by atoms with E-state index in [1.165, 1.54) is 11.3 Å². The third-order valence-electron chi connectivity index (χ3n) is 3.71. The molecule has 0 aromatic heterocycles. The van der Waals surface area contributed by atoms with E-state index in [-0.39, 0.29) is 19.5 Å². The van der Waals surface area contributed by atoms with E-state index in [1.807, 2.05) is 0 Å². The lowest BCUT2D eigenvalue weighted by Crippen LogP contribution is -2.32. The van der Waals surface area contributed by atoms with E-state index >= 15 is 0 Å². The summed E-state index contributed by atoms with van der Waals surface area (Å²) < 4.78 is 27.4. The number of hydrogen-bond donors (Lipinski definition) is 0. The van der Waals surface area contributed by atoms with Crippen molar-refractivity contribution in [2.45, 2.75) is 76.8 Å². The van der Waals surface area contributed by atoms with E-state index in [1.54, 1.807) is 7.11 Å². The van der Waals surface area contributed by atoms with Gasteiger partial charge >= 0.3 is 0 Å². The molecule has 0 amide bonds. The van der Waals surface area contributed by atoms with E-state index in [2.05, 4.69) is 65.5 Å². The van der Waals surface area contributed by atoms with Gasteiger partial charge in [0.15, 0.2) is 53.5 Å². The van der Waals surface area contributed by atoms with Crippen LogP contribution in [0.3, 0.4) is 0 Å². The summed E-state index contributed by atoms with van der Waals surface area (Å²) in [6, 6.07) is 0. The van der Waals surface area contributed by atoms with Crippen LogP contribution in [0.25, 0.3) is 0 Å². The van der Waals surface area contributed by atoms with Crippen molar-refractivity contribution >= 4 is 84.3 Å². The maximum absolute atomic E-state index is 5.73. The molecule has 0 heterocycles. The molecule has 0 rings (SSSR count). The van der Waals surface area contributed by atoms with Gasteiger partial charge in [-0.3, -0.25) is 0 Å². The first-order valence-electron chi connectivity index (χ1n) is 10.1. The molecule has 0 spiro atoms. The normalized spacial score (nSPS) is 13.1. The highest BCUT2D eigenvalue weighted by molar-refractivity contribution is 6.81. The van der Waals surface area contributed by atoms with E-state index in [4.69, 9.17) is 20.9 Å². The summed E-state index contributed by atoms with van der Waals surface area (Å²) in [4.78, 5) is 0. The van der Waals surface area contributed by atoms with Crippen LogP contribution in [0.5, 0.6) is 0 Å². The van der Waals surface area contributed by atoms with Gasteiger partial charge in [-0.15, -0.1) is 0 Å². The summed E-state index contributed by atoms with van der Waals surface area (Å²) in [5, 5.41) is 0. The SMILES string of the molecule is CO[SiH2]C[Si](C)(C)O[SiH3].C[SiH](C)O[SiH2]C[Si](C)(C)O[SiH3].C[SiH](C)O[SiH](C)C. The molecule has 0 unspecified atom stereocenters. The maximum Gasteiger partial charge on any atom is 0.171 e. The van der Waals surface area contributed by atoms with E-state index in [0.717, 1.165) is 21.0 Å². The van der Waals surface area contributed by atoms with E-state index in [9.17, 15) is 0 Å². The minimum atomic E-state index is -1.22. The summed E-state index contributed by atoms with van der Waals surface area (Å²) in [5.74, 6) is 0. The van der Waals surface area contributed by atoms with Gasteiger partial charge in [-0.1, -0.05) is 0 Å². The topological polar surface area (TPSA) is 46.2 Å². The molecule has 0 aliphatic carbocycles. The van der Waals surface area contributed by atoms with Crippen molar-refractivity contribution in [3.8, 4) is 0 Å². The fourth-order valence-electron chi connectivity index (χ4n) is 1.64. The van der Waals surface area contributed by atoms with Gasteiger partial charge in [0.2, 0.25) is 0 Å². The fraction of sp³-hybridized carbons (Fsp3) is 1.00. The first-order valence-corrected chi connectivity index (χ1v) is 29.4. The van der Waals surface area contributed by atoms with Crippen LogP contribution in [0.4, 0.5) is 0 Å². The minimum Gasteiger partial charge on any atom is -0.464 e. The van der Waals surface area contributed by atoms with Gasteiger partial charge in [0.05, 0.1) is 0 Å². The predicted molar refractivity (Wildman–Crippen MR) is 150 cm³/mol. The molecular weight excluding hydrogens is 489 g/mol. The van der Waals surface area contributed by atoms with Crippen molar-refractivity contribution in [3.05, 3.63) is 0 Å². The van der Waals surface area contributed by atoms with Gasteiger partial charge in [-0.05, 0) is 76.8 Å². The second-order valence-corrected chi connectivity index (χ2v) is 33.0. The van der Waals surface area contributed by atoms with Gasteiger partial charge in [-0.25, -0.2) is 0 Å². The Morgan fingerprint density at radius 2 is 1.07 bits per heavy atom. The Hall–Kier alpha value is 1.75. The van der Waals surface area contributed by atoms with Crippen LogP contribution >= 0.6 is 0 Å². The third kappa shape index (κ3) is 32.6. The fourth-order valence-corrected chi connectivity index (χ4v) is 19.5. The maximum atomic E-state index is 5.73. The Morgan fingerprint density at radius 1 is 0.704 bits per heavy atom. The van der Waals surface area contributed by atoms with Crippen LogP contribution in [-0.4, -0.2) is 91.4 Å². The van der Waals surface area contributed by atoms with Crippen molar-refractivity contribution in [2.75, 3.05) is 7.11 Å². The van der Waals surface area contributed by atoms with Crippen LogP contribution in [-0.2, 0) is 20.9 Å². The van der Waals surface area contributed by atoms with Crippen LogP contribution < -0.4 is 0 Å². The summed E-state index contributed by atoms with van der Waals surface area (Å²) in [5.41, 5.74) is 2.55. The van der Waals surface area contributed by atoms with Crippen molar-refractivity contribution in [1.82, 2.24) is 0 Å². The highest BCUT2D eigenvalue weighted by atomic mass is 28.4. The molecule has 0 radical (unpaired) electrons. The summed E-state index contributed by atoms with van der Waals surface area (Å²) in [6.07, 6.45) is 0. The molecule has 0 N–H and O–H groups in total. The lowest BCUT2D eigenvalue weighted by Gasteiger charge is -2.20. The van der Waals surface area contributed by atoms with Gasteiger partial charge in [0.25, 0.3) is 0 Å². The molecule has 14 heteroatoms. The zero-order valence-electron chi connectivity index (χ0n) is 20.6. The largest absolute Gasteiger partial charge is 0.464 e. The zero-order valence-corrected chi connectivity index (χ0v) is 32.9. The molecule has 0 atom stereocenters. The van der Waals surface area contributed by atoms with Crippen molar-refractivity contribution < 1.29 is 20.9 Å². The van der Waals surface area contributed by atoms with Crippen LogP contribution in [0.2, 0.25) is 76.8 Å². The molecule has 0 aliphatic rings. The number of hydrogen-bond acceptors (Lipinski definition) is 5. The lowest BCUT2D eigenvalue weighted by molar-refractivity contribution is 0.442. The Labute approximate surface area is 188 Å². The molecule has 0 saturated carbocycles. The average Bonchev–Trinajstić information content (AvgIpc) is 2.52. The molecule has 0 aromatic rings. The monoisotopic (exact) mass is 538 g/mol. The number of rotatable bonds is 11. The molecule has 0 fully saturated rings. The lowest BCUT2D eigenvalue weighted by atomic mass is 11.8. The quantitative estimate of drug-likeness (QED) is 0.337. The third-order valence-corrected chi connectivity index (χ3v) is 32.2. The minimum absolute atomic E-state index is 0.231. The first-order chi connectivity index (χ1) is 12.2. The van der Waals surface area contributed by atoms with E-state index < -0.39 is 43.8 Å². The second kappa shape index (κ2) is 19.7. The van der Waals surface area contributed by atoms with Gasteiger partial charge in [0.1, 0.15) is 30.7 Å². The summed E-state index contributed by atoms with van der Waals surface area (Å²) in [7, 11) is -1.36. The molecule has 5 nitrogen and oxygen atoms in total. The average molecular weight is 539 g/mol. The Kier molecular flexibility index (Phi) is 24.4. The van der Waals surface area contributed by atoms with Crippen LogP contribution in [0.1, 0.15) is 0 Å². The van der Waals surface area contributed by atoms with Gasteiger partial charge in [-0.2, -0.15) is 0 Å². The molecule has 0 saturated heterocycles. The molecule has 0 aliphatic heterocycles. The smallest absolute Gasteiger partial charge is 0.171 e. The second-order valence-electron chi connectivity index (χ2n) is 8.57. The Morgan fingerprint density at radius 3 is 1.30 bits per heavy atom.